The molecule has 2 aromatic carbocycles. The number of halogens is 1. The van der Waals surface area contributed by atoms with E-state index in [1.807, 2.05) is 0 Å². The Morgan fingerprint density at radius 2 is 2.19 bits per heavy atom. The molecule has 0 aliphatic carbocycles. The summed E-state index contributed by atoms with van der Waals surface area (Å²) >= 11 is 5.77. The lowest BCUT2D eigenvalue weighted by molar-refractivity contribution is -0.385. The van der Waals surface area contributed by atoms with Crippen molar-refractivity contribution in [3.63, 3.8) is 0 Å². The number of benzene rings is 2. The van der Waals surface area contributed by atoms with Gasteiger partial charge in [-0.2, -0.15) is 0 Å². The van der Waals surface area contributed by atoms with Gasteiger partial charge >= 0.3 is 0 Å². The van der Waals surface area contributed by atoms with E-state index in [0.717, 1.165) is 25.5 Å². The molecule has 1 atom stereocenters. The highest BCUT2D eigenvalue weighted by Gasteiger charge is 2.21. The molecule has 1 N–H and O–H groups in total. The molecule has 1 amide bonds. The summed E-state index contributed by atoms with van der Waals surface area (Å²) in [6, 6.07) is 10.8. The second-order valence-corrected chi connectivity index (χ2v) is 6.28. The average molecular weight is 377 g/mol. The molecule has 7 nitrogen and oxygen atoms in total. The van der Waals surface area contributed by atoms with Crippen LogP contribution in [-0.4, -0.2) is 30.1 Å². The second kappa shape index (κ2) is 8.16. The lowest BCUT2D eigenvalue weighted by Crippen LogP contribution is -2.16. The Hall–Kier alpha value is -2.64. The minimum Gasteiger partial charge on any atom is -0.491 e. The number of rotatable bonds is 6. The number of nitrogens with zero attached hydrogens (tertiary/aromatic N) is 1. The zero-order chi connectivity index (χ0) is 18.5. The van der Waals surface area contributed by atoms with Crippen LogP contribution in [0.5, 0.6) is 5.75 Å². The summed E-state index contributed by atoms with van der Waals surface area (Å²) in [5.74, 6) is -0.00597. The van der Waals surface area contributed by atoms with Crippen LogP contribution >= 0.6 is 11.6 Å². The van der Waals surface area contributed by atoms with Gasteiger partial charge in [0.25, 0.3) is 11.6 Å². The Kier molecular flexibility index (Phi) is 5.70. The molecule has 136 valence electrons. The van der Waals surface area contributed by atoms with Crippen molar-refractivity contribution in [3.05, 3.63) is 63.2 Å². The van der Waals surface area contributed by atoms with Crippen molar-refractivity contribution < 1.29 is 19.2 Å². The van der Waals surface area contributed by atoms with E-state index in [2.05, 4.69) is 5.32 Å². The monoisotopic (exact) mass is 376 g/mol. The van der Waals surface area contributed by atoms with Gasteiger partial charge in [-0.3, -0.25) is 14.9 Å². The van der Waals surface area contributed by atoms with E-state index in [1.165, 1.54) is 12.1 Å². The predicted octanol–water partition coefficient (Wildman–Crippen LogP) is 4.06. The fraction of sp³-hybridized carbons (Fsp3) is 0.278. The van der Waals surface area contributed by atoms with Gasteiger partial charge in [-0.1, -0.05) is 17.7 Å². The molecule has 8 heteroatoms. The normalized spacial score (nSPS) is 16.3. The van der Waals surface area contributed by atoms with E-state index in [4.69, 9.17) is 21.1 Å². The van der Waals surface area contributed by atoms with E-state index < -0.39 is 10.8 Å². The SMILES string of the molecule is O=C(Nc1cccc(OCC2CCCO2)c1)c1ccc(Cl)cc1[N+](=O)[O-]. The number of nitrogens with one attached hydrogen (secondary N) is 1. The summed E-state index contributed by atoms with van der Waals surface area (Å²) in [7, 11) is 0. The molecule has 1 fully saturated rings. The molecule has 1 unspecified atom stereocenters. The summed E-state index contributed by atoms with van der Waals surface area (Å²) in [5.41, 5.74) is 0.0648. The Labute approximate surface area is 155 Å². The molecule has 26 heavy (non-hydrogen) atoms. The maximum absolute atomic E-state index is 12.4. The van der Waals surface area contributed by atoms with Crippen molar-refractivity contribution in [2.24, 2.45) is 0 Å². The van der Waals surface area contributed by atoms with Gasteiger partial charge in [-0.15, -0.1) is 0 Å². The highest BCUT2D eigenvalue weighted by molar-refractivity contribution is 6.31. The summed E-state index contributed by atoms with van der Waals surface area (Å²) in [4.78, 5) is 22.9. The zero-order valence-corrected chi connectivity index (χ0v) is 14.6. The molecule has 0 saturated carbocycles. The van der Waals surface area contributed by atoms with Crippen LogP contribution in [0.2, 0.25) is 5.02 Å². The van der Waals surface area contributed by atoms with E-state index in [0.29, 0.717) is 18.0 Å². The third kappa shape index (κ3) is 4.50. The number of carbonyl (C=O) groups excluding carboxylic acids is 1. The minimum absolute atomic E-state index is 0.0647. The van der Waals surface area contributed by atoms with Gasteiger partial charge in [0, 0.05) is 29.4 Å². The van der Waals surface area contributed by atoms with Crippen LogP contribution in [0, 0.1) is 10.1 Å². The van der Waals surface area contributed by atoms with Crippen molar-refractivity contribution in [3.8, 4) is 5.75 Å². The van der Waals surface area contributed by atoms with Crippen LogP contribution in [0.1, 0.15) is 23.2 Å². The predicted molar refractivity (Wildman–Crippen MR) is 97.0 cm³/mol. The molecule has 0 spiro atoms. The third-order valence-electron chi connectivity index (χ3n) is 3.95. The molecule has 2 aromatic rings. The lowest BCUT2D eigenvalue weighted by Gasteiger charge is -2.12. The summed E-state index contributed by atoms with van der Waals surface area (Å²) in [6.45, 7) is 1.20. The van der Waals surface area contributed by atoms with E-state index in [9.17, 15) is 14.9 Å². The molecular formula is C18H17ClN2O5. The number of nitro benzene ring substituents is 1. The van der Waals surface area contributed by atoms with Gasteiger partial charge in [0.2, 0.25) is 0 Å². The number of hydrogen-bond acceptors (Lipinski definition) is 5. The highest BCUT2D eigenvalue weighted by atomic mass is 35.5. The number of hydrogen-bond donors (Lipinski definition) is 1. The first-order valence-electron chi connectivity index (χ1n) is 8.12. The molecule has 1 heterocycles. The fourth-order valence-electron chi connectivity index (χ4n) is 2.67. The van der Waals surface area contributed by atoms with Crippen molar-refractivity contribution >= 4 is 28.9 Å². The van der Waals surface area contributed by atoms with Crippen LogP contribution < -0.4 is 10.1 Å². The lowest BCUT2D eigenvalue weighted by atomic mass is 10.1. The first-order valence-corrected chi connectivity index (χ1v) is 8.50. The molecule has 1 saturated heterocycles. The van der Waals surface area contributed by atoms with E-state index in [1.54, 1.807) is 24.3 Å². The van der Waals surface area contributed by atoms with Gasteiger partial charge in [-0.25, -0.2) is 0 Å². The summed E-state index contributed by atoms with van der Waals surface area (Å²) in [5, 5.41) is 14.0. The molecular weight excluding hydrogens is 360 g/mol. The first-order chi connectivity index (χ1) is 12.5. The van der Waals surface area contributed by atoms with Gasteiger partial charge < -0.3 is 14.8 Å². The Bertz CT molecular complexity index is 821. The van der Waals surface area contributed by atoms with Crippen LogP contribution in [0.25, 0.3) is 0 Å². The number of nitro groups is 1. The fourth-order valence-corrected chi connectivity index (χ4v) is 2.84. The smallest absolute Gasteiger partial charge is 0.283 e. The number of ether oxygens (including phenoxy) is 2. The van der Waals surface area contributed by atoms with Crippen molar-refractivity contribution in [1.29, 1.82) is 0 Å². The van der Waals surface area contributed by atoms with Crippen LogP contribution in [0.3, 0.4) is 0 Å². The van der Waals surface area contributed by atoms with Crippen molar-refractivity contribution in [1.82, 2.24) is 0 Å². The van der Waals surface area contributed by atoms with Crippen molar-refractivity contribution in [2.75, 3.05) is 18.5 Å². The average Bonchev–Trinajstić information content (AvgIpc) is 3.13. The maximum Gasteiger partial charge on any atom is 0.283 e. The second-order valence-electron chi connectivity index (χ2n) is 5.85. The molecule has 1 aliphatic rings. The number of carbonyl (C=O) groups is 1. The quantitative estimate of drug-likeness (QED) is 0.606. The van der Waals surface area contributed by atoms with Crippen LogP contribution in [0.4, 0.5) is 11.4 Å². The first kappa shape index (κ1) is 18.2. The highest BCUT2D eigenvalue weighted by Crippen LogP contribution is 2.25. The largest absolute Gasteiger partial charge is 0.491 e. The minimum atomic E-state index is -0.637. The third-order valence-corrected chi connectivity index (χ3v) is 4.19. The van der Waals surface area contributed by atoms with Gasteiger partial charge in [-0.05, 0) is 37.1 Å². The molecule has 0 bridgehead atoms. The Balaban J connectivity index is 1.69. The van der Waals surface area contributed by atoms with Gasteiger partial charge in [0.05, 0.1) is 11.0 Å². The van der Waals surface area contributed by atoms with E-state index in [-0.39, 0.29) is 22.4 Å². The van der Waals surface area contributed by atoms with E-state index >= 15 is 0 Å². The summed E-state index contributed by atoms with van der Waals surface area (Å²) < 4.78 is 11.2. The standard InChI is InChI=1S/C18H17ClN2O5/c19-12-6-7-16(17(9-12)21(23)24)18(22)20-13-3-1-4-14(10-13)26-11-15-5-2-8-25-15/h1,3-4,6-7,9-10,15H,2,5,8,11H2,(H,20,22). The molecule has 3 rings (SSSR count). The van der Waals surface area contributed by atoms with Crippen LogP contribution in [-0.2, 0) is 4.74 Å². The number of amides is 1. The maximum atomic E-state index is 12.4. The number of anilines is 1. The molecule has 0 radical (unpaired) electrons. The zero-order valence-electron chi connectivity index (χ0n) is 13.8. The van der Waals surface area contributed by atoms with Crippen molar-refractivity contribution in [2.45, 2.75) is 18.9 Å². The van der Waals surface area contributed by atoms with Crippen LogP contribution in [0.15, 0.2) is 42.5 Å². The van der Waals surface area contributed by atoms with Gasteiger partial charge in [0.1, 0.15) is 17.9 Å². The summed E-state index contributed by atoms with van der Waals surface area (Å²) in [6.07, 6.45) is 2.09. The molecule has 1 aliphatic heterocycles. The molecule has 0 aromatic heterocycles. The Morgan fingerprint density at radius 1 is 1.35 bits per heavy atom. The van der Waals surface area contributed by atoms with Gasteiger partial charge in [0.15, 0.2) is 0 Å². The Morgan fingerprint density at radius 3 is 2.92 bits per heavy atom. The topological polar surface area (TPSA) is 90.7 Å².